The van der Waals surface area contributed by atoms with Crippen molar-refractivity contribution in [1.82, 2.24) is 24.0 Å². The molecule has 8 rings (SSSR count). The summed E-state index contributed by atoms with van der Waals surface area (Å²) in [5.41, 5.74) is 8.75. The maximum atomic E-state index is 14.4. The molecule has 12 heteroatoms. The van der Waals surface area contributed by atoms with Crippen LogP contribution < -0.4 is 9.46 Å². The van der Waals surface area contributed by atoms with Crippen molar-refractivity contribution in [2.24, 2.45) is 0 Å². The highest BCUT2D eigenvalue weighted by Gasteiger charge is 2.34. The first-order valence-electron chi connectivity index (χ1n) is 19.7. The molecule has 0 atom stereocenters. The summed E-state index contributed by atoms with van der Waals surface area (Å²) in [5, 5.41) is 5.36. The second-order valence-electron chi connectivity index (χ2n) is 15.6. The van der Waals surface area contributed by atoms with E-state index < -0.39 is 21.2 Å². The number of sulfonamides is 1. The van der Waals surface area contributed by atoms with E-state index in [1.54, 1.807) is 27.2 Å². The third kappa shape index (κ3) is 6.87. The van der Waals surface area contributed by atoms with Gasteiger partial charge >= 0.3 is 0 Å². The van der Waals surface area contributed by atoms with E-state index in [2.05, 4.69) is 44.3 Å². The second kappa shape index (κ2) is 15.0. The van der Waals surface area contributed by atoms with Crippen LogP contribution in [0.25, 0.3) is 33.8 Å². The number of amides is 2. The van der Waals surface area contributed by atoms with E-state index >= 15 is 0 Å². The van der Waals surface area contributed by atoms with Gasteiger partial charge in [-0.1, -0.05) is 31.4 Å². The molecule has 2 aromatic heterocycles. The Bertz CT molecular complexity index is 2220. The minimum Gasteiger partial charge on any atom is -0.497 e. The van der Waals surface area contributed by atoms with Gasteiger partial charge in [-0.25, -0.2) is 8.42 Å². The number of nitrogens with one attached hydrogen (secondary N) is 1. The van der Waals surface area contributed by atoms with E-state index in [0.29, 0.717) is 44.3 Å². The fourth-order valence-electron chi connectivity index (χ4n) is 8.71. The first kappa shape index (κ1) is 36.6. The lowest BCUT2D eigenvalue weighted by molar-refractivity contribution is -0.118. The molecule has 1 saturated heterocycles. The van der Waals surface area contributed by atoms with Crippen LogP contribution in [-0.4, -0.2) is 78.1 Å². The predicted molar refractivity (Wildman–Crippen MR) is 210 cm³/mol. The number of methoxy groups -OCH3 is 1. The summed E-state index contributed by atoms with van der Waals surface area (Å²) in [5.74, 6) is 0.540. The molecular weight excluding hydrogens is 703 g/mol. The molecule has 2 saturated carbocycles. The number of nitrogens with zero attached hydrogens (tertiary/aromatic N) is 4. The standard InChI is InChI=1S/C42H51N5O6S/c1-27(2)54(50,51)44-38(48)22-28-13-15-35-37(21-28)46-26-31(23-30-24-33(52-3)14-16-34(30)41(46)39(35)29-9-5-4-6-10-29)40-36(25-43-47(40)32-11-7-12-32)42(49)45-17-8-19-53-20-18-45/h13-16,21,23-25,27,29,32H,4-12,17-20,22,26H2,1-3H3,(H,44,48). The van der Waals surface area contributed by atoms with Crippen LogP contribution in [0.4, 0.5) is 0 Å². The fourth-order valence-corrected chi connectivity index (χ4v) is 9.33. The maximum absolute atomic E-state index is 14.4. The average Bonchev–Trinajstić information content (AvgIpc) is 3.48. The Hall–Kier alpha value is -4.42. The van der Waals surface area contributed by atoms with Crippen molar-refractivity contribution in [2.75, 3.05) is 33.4 Å². The number of hydrogen-bond donors (Lipinski definition) is 1. The summed E-state index contributed by atoms with van der Waals surface area (Å²) in [6, 6.07) is 12.6. The number of fused-ring (bicyclic) bond motifs is 5. The smallest absolute Gasteiger partial charge is 0.257 e. The summed E-state index contributed by atoms with van der Waals surface area (Å²) in [4.78, 5) is 29.4. The number of benzene rings is 2. The van der Waals surface area contributed by atoms with Crippen LogP contribution in [0.1, 0.15) is 116 Å². The third-order valence-corrected chi connectivity index (χ3v) is 13.6. The Morgan fingerprint density at radius 2 is 1.78 bits per heavy atom. The average molecular weight is 754 g/mol. The van der Waals surface area contributed by atoms with Gasteiger partial charge in [0.1, 0.15) is 5.75 Å². The summed E-state index contributed by atoms with van der Waals surface area (Å²) >= 11 is 0. The molecule has 11 nitrogen and oxygen atoms in total. The summed E-state index contributed by atoms with van der Waals surface area (Å²) in [6.07, 6.45) is 13.6. The van der Waals surface area contributed by atoms with Crippen molar-refractivity contribution in [3.8, 4) is 17.0 Å². The zero-order valence-electron chi connectivity index (χ0n) is 31.6. The Morgan fingerprint density at radius 3 is 2.52 bits per heavy atom. The van der Waals surface area contributed by atoms with Gasteiger partial charge in [0.05, 0.1) is 61.1 Å². The van der Waals surface area contributed by atoms with Crippen LogP contribution in [-0.2, 0) is 32.5 Å². The van der Waals surface area contributed by atoms with Gasteiger partial charge in [-0.15, -0.1) is 0 Å². The maximum Gasteiger partial charge on any atom is 0.257 e. The van der Waals surface area contributed by atoms with Gasteiger partial charge in [0.15, 0.2) is 0 Å². The first-order valence-corrected chi connectivity index (χ1v) is 21.2. The molecule has 2 aromatic carbocycles. The minimum absolute atomic E-state index is 0.0257. The lowest BCUT2D eigenvalue weighted by atomic mass is 9.81. The largest absolute Gasteiger partial charge is 0.497 e. The highest BCUT2D eigenvalue weighted by molar-refractivity contribution is 7.90. The molecule has 3 fully saturated rings. The Balaban J connectivity index is 1.32. The number of carbonyl (C=O) groups is 2. The van der Waals surface area contributed by atoms with Gasteiger partial charge in [0.2, 0.25) is 15.9 Å². The number of rotatable bonds is 9. The number of hydrogen-bond acceptors (Lipinski definition) is 7. The Labute approximate surface area is 317 Å². The SMILES string of the molecule is COc1ccc2c(c1)C=C(c1c(C(=O)N3CCCOCC3)cnn1C1CCC1)Cn1c-2c(C2CCCCC2)c2ccc(CC(=O)NS(=O)(=O)C(C)C)cc21. The van der Waals surface area contributed by atoms with Crippen LogP contribution in [0.3, 0.4) is 0 Å². The number of aromatic nitrogens is 3. The zero-order valence-corrected chi connectivity index (χ0v) is 32.4. The lowest BCUT2D eigenvalue weighted by Gasteiger charge is -2.29. The molecular formula is C42H51N5O6S. The van der Waals surface area contributed by atoms with E-state index in [1.807, 2.05) is 17.0 Å². The summed E-state index contributed by atoms with van der Waals surface area (Å²) < 4.78 is 43.4. The van der Waals surface area contributed by atoms with Crippen molar-refractivity contribution in [1.29, 1.82) is 0 Å². The molecule has 0 bridgehead atoms. The molecule has 4 heterocycles. The Kier molecular flexibility index (Phi) is 10.2. The summed E-state index contributed by atoms with van der Waals surface area (Å²) in [7, 11) is -2.07. The van der Waals surface area contributed by atoms with Crippen LogP contribution in [0.2, 0.25) is 0 Å². The molecule has 4 aliphatic rings. The molecule has 0 unspecified atom stereocenters. The zero-order chi connectivity index (χ0) is 37.6. The number of carbonyl (C=O) groups excluding carboxylic acids is 2. The van der Waals surface area contributed by atoms with Gasteiger partial charge in [-0.3, -0.25) is 19.0 Å². The van der Waals surface area contributed by atoms with Crippen molar-refractivity contribution in [2.45, 2.75) is 102 Å². The molecule has 286 valence electrons. The van der Waals surface area contributed by atoms with Gasteiger partial charge in [0.25, 0.3) is 5.91 Å². The molecule has 4 aromatic rings. The highest BCUT2D eigenvalue weighted by atomic mass is 32.2. The normalized spacial score (nSPS) is 18.4. The number of allylic oxidation sites excluding steroid dienone is 1. The quantitative estimate of drug-likeness (QED) is 0.193. The minimum atomic E-state index is -3.76. The molecule has 2 amide bonds. The van der Waals surface area contributed by atoms with E-state index in [-0.39, 0.29) is 18.4 Å². The predicted octanol–water partition coefficient (Wildman–Crippen LogP) is 7.10. The van der Waals surface area contributed by atoms with Crippen molar-refractivity contribution >= 4 is 44.4 Å². The van der Waals surface area contributed by atoms with Crippen molar-refractivity contribution in [3.63, 3.8) is 0 Å². The van der Waals surface area contributed by atoms with E-state index in [9.17, 15) is 18.0 Å². The van der Waals surface area contributed by atoms with Crippen LogP contribution in [0.15, 0.2) is 42.6 Å². The number of ether oxygens (including phenoxy) is 2. The molecule has 2 aliphatic carbocycles. The molecule has 2 aliphatic heterocycles. The second-order valence-corrected chi connectivity index (χ2v) is 17.9. The van der Waals surface area contributed by atoms with Crippen LogP contribution >= 0.6 is 0 Å². The molecule has 1 N–H and O–H groups in total. The Morgan fingerprint density at radius 1 is 0.963 bits per heavy atom. The van der Waals surface area contributed by atoms with Gasteiger partial charge < -0.3 is 18.9 Å². The third-order valence-electron chi connectivity index (χ3n) is 11.9. The van der Waals surface area contributed by atoms with E-state index in [1.165, 1.54) is 24.8 Å². The molecule has 54 heavy (non-hydrogen) atoms. The lowest BCUT2D eigenvalue weighted by Crippen LogP contribution is -2.36. The first-order chi connectivity index (χ1) is 26.1. The van der Waals surface area contributed by atoms with Gasteiger partial charge in [-0.2, -0.15) is 5.10 Å². The molecule has 0 radical (unpaired) electrons. The van der Waals surface area contributed by atoms with E-state index in [4.69, 9.17) is 14.6 Å². The van der Waals surface area contributed by atoms with Crippen LogP contribution in [0, 0.1) is 0 Å². The summed E-state index contributed by atoms with van der Waals surface area (Å²) in [6.45, 7) is 5.93. The van der Waals surface area contributed by atoms with Crippen LogP contribution in [0.5, 0.6) is 5.75 Å². The van der Waals surface area contributed by atoms with Gasteiger partial charge in [-0.05, 0) is 111 Å². The topological polar surface area (TPSA) is 125 Å². The van der Waals surface area contributed by atoms with Gasteiger partial charge in [0, 0.05) is 36.2 Å². The van der Waals surface area contributed by atoms with Crippen molar-refractivity contribution < 1.29 is 27.5 Å². The molecule has 0 spiro atoms. The fraction of sp³-hybridized carbons (Fsp3) is 0.500. The monoisotopic (exact) mass is 753 g/mol. The highest BCUT2D eigenvalue weighted by Crippen LogP contribution is 2.48. The van der Waals surface area contributed by atoms with E-state index in [0.717, 1.165) is 88.8 Å². The van der Waals surface area contributed by atoms with Crippen molar-refractivity contribution in [3.05, 3.63) is 70.5 Å².